The normalized spacial score (nSPS) is 20.6. The van der Waals surface area contributed by atoms with Crippen LogP contribution in [0.3, 0.4) is 0 Å². The first-order chi connectivity index (χ1) is 16.5. The largest absolute Gasteiger partial charge is 0.397 e. The van der Waals surface area contributed by atoms with Crippen molar-refractivity contribution in [2.24, 2.45) is 11.7 Å². The molecule has 2 aromatic heterocycles. The summed E-state index contributed by atoms with van der Waals surface area (Å²) >= 11 is 0. The molecule has 0 radical (unpaired) electrons. The van der Waals surface area contributed by atoms with Crippen LogP contribution in [-0.4, -0.2) is 28.0 Å². The highest BCUT2D eigenvalue weighted by molar-refractivity contribution is 6.00. The molecule has 0 amide bonds. The van der Waals surface area contributed by atoms with E-state index in [1.165, 1.54) is 30.6 Å². The van der Waals surface area contributed by atoms with Gasteiger partial charge in [-0.2, -0.15) is 13.2 Å². The SMILES string of the molecule is Nc1ccc(-c2c(F)cccc2F)nc1C(=O)Cc1cnccc1[C@H]1C[C@@H](N)C[C@@H](C(F)(F)F)C1. The second-order valence-electron chi connectivity index (χ2n) is 8.81. The van der Waals surface area contributed by atoms with E-state index in [2.05, 4.69) is 9.97 Å². The number of rotatable bonds is 5. The van der Waals surface area contributed by atoms with Crippen molar-refractivity contribution >= 4 is 11.5 Å². The highest BCUT2D eigenvalue weighted by atomic mass is 19.4. The van der Waals surface area contributed by atoms with Gasteiger partial charge in [-0.25, -0.2) is 13.8 Å². The van der Waals surface area contributed by atoms with Gasteiger partial charge in [0, 0.05) is 24.9 Å². The Morgan fingerprint density at radius 3 is 2.43 bits per heavy atom. The Bertz CT molecular complexity index is 1230. The third-order valence-electron chi connectivity index (χ3n) is 6.35. The Morgan fingerprint density at radius 2 is 1.74 bits per heavy atom. The van der Waals surface area contributed by atoms with Crippen molar-refractivity contribution in [2.75, 3.05) is 5.73 Å². The van der Waals surface area contributed by atoms with E-state index in [-0.39, 0.29) is 36.3 Å². The van der Waals surface area contributed by atoms with Gasteiger partial charge in [0.25, 0.3) is 0 Å². The molecular weight excluding hydrogens is 467 g/mol. The van der Waals surface area contributed by atoms with Crippen LogP contribution in [0.5, 0.6) is 0 Å². The number of ketones is 1. The molecule has 0 saturated heterocycles. The molecule has 4 N–H and O–H groups in total. The average Bonchev–Trinajstić information content (AvgIpc) is 2.79. The molecular formula is C25H23F5N4O. The fourth-order valence-electron chi connectivity index (χ4n) is 4.70. The predicted octanol–water partition coefficient (Wildman–Crippen LogP) is 5.20. The van der Waals surface area contributed by atoms with Crippen LogP contribution in [0.25, 0.3) is 11.3 Å². The Labute approximate surface area is 198 Å². The molecule has 1 aliphatic rings. The molecule has 1 aromatic carbocycles. The molecule has 0 aliphatic heterocycles. The number of carbonyl (C=O) groups is 1. The van der Waals surface area contributed by atoms with E-state index in [4.69, 9.17) is 11.5 Å². The lowest BCUT2D eigenvalue weighted by molar-refractivity contribution is -0.184. The van der Waals surface area contributed by atoms with Gasteiger partial charge < -0.3 is 11.5 Å². The first kappa shape index (κ1) is 24.7. The van der Waals surface area contributed by atoms with Crippen LogP contribution in [0, 0.1) is 17.6 Å². The molecule has 0 bridgehead atoms. The topological polar surface area (TPSA) is 94.9 Å². The molecule has 35 heavy (non-hydrogen) atoms. The van der Waals surface area contributed by atoms with Crippen LogP contribution in [-0.2, 0) is 6.42 Å². The summed E-state index contributed by atoms with van der Waals surface area (Å²) in [5.41, 5.74) is 12.2. The molecule has 4 rings (SSSR count). The van der Waals surface area contributed by atoms with Crippen LogP contribution < -0.4 is 11.5 Å². The Kier molecular flexibility index (Phi) is 6.84. The van der Waals surface area contributed by atoms with Crippen molar-refractivity contribution in [1.82, 2.24) is 9.97 Å². The Balaban J connectivity index is 1.64. The maximum absolute atomic E-state index is 14.2. The molecule has 1 aliphatic carbocycles. The number of Topliss-reactive ketones (excluding diaryl/α,β-unsaturated/α-hetero) is 1. The third-order valence-corrected chi connectivity index (χ3v) is 6.35. The van der Waals surface area contributed by atoms with Crippen LogP contribution in [0.15, 0.2) is 48.8 Å². The summed E-state index contributed by atoms with van der Waals surface area (Å²) in [7, 11) is 0. The van der Waals surface area contributed by atoms with Crippen LogP contribution in [0.2, 0.25) is 0 Å². The summed E-state index contributed by atoms with van der Waals surface area (Å²) in [6.07, 6.45) is -1.65. The number of anilines is 1. The first-order valence-corrected chi connectivity index (χ1v) is 11.0. The summed E-state index contributed by atoms with van der Waals surface area (Å²) < 4.78 is 68.7. The van der Waals surface area contributed by atoms with E-state index < -0.39 is 47.0 Å². The minimum atomic E-state index is -4.36. The number of hydrogen-bond donors (Lipinski definition) is 2. The number of nitrogen functional groups attached to an aromatic ring is 1. The van der Waals surface area contributed by atoms with Gasteiger partial charge in [-0.3, -0.25) is 9.78 Å². The zero-order valence-electron chi connectivity index (χ0n) is 18.5. The lowest BCUT2D eigenvalue weighted by Crippen LogP contribution is -2.38. The smallest absolute Gasteiger partial charge is 0.391 e. The molecule has 3 atom stereocenters. The quantitative estimate of drug-likeness (QED) is 0.379. The monoisotopic (exact) mass is 490 g/mol. The average molecular weight is 490 g/mol. The van der Waals surface area contributed by atoms with Gasteiger partial charge in [0.1, 0.15) is 17.3 Å². The predicted molar refractivity (Wildman–Crippen MR) is 120 cm³/mol. The lowest BCUT2D eigenvalue weighted by atomic mass is 9.74. The van der Waals surface area contributed by atoms with Crippen molar-refractivity contribution in [1.29, 1.82) is 0 Å². The molecule has 10 heteroatoms. The number of hydrogen-bond acceptors (Lipinski definition) is 5. The summed E-state index contributed by atoms with van der Waals surface area (Å²) in [4.78, 5) is 21.3. The van der Waals surface area contributed by atoms with Gasteiger partial charge in [0.2, 0.25) is 0 Å². The molecule has 2 heterocycles. The lowest BCUT2D eigenvalue weighted by Gasteiger charge is -2.35. The zero-order chi connectivity index (χ0) is 25.3. The number of halogens is 5. The molecule has 3 aromatic rings. The van der Waals surface area contributed by atoms with Crippen molar-refractivity contribution in [3.05, 3.63) is 77.2 Å². The van der Waals surface area contributed by atoms with E-state index in [9.17, 15) is 26.7 Å². The fourth-order valence-corrected chi connectivity index (χ4v) is 4.70. The molecule has 5 nitrogen and oxygen atoms in total. The standard InChI is InChI=1S/C25H23F5N4O/c26-18-2-1-3-19(27)23(18)21-5-4-20(32)24(34-21)22(35)10-14-12-33-7-6-17(14)13-8-15(25(28,29)30)11-16(31)9-13/h1-7,12-13,15-16H,8-11,31-32H2/t13-,15+,16-/m1/s1. The molecule has 0 spiro atoms. The maximum atomic E-state index is 14.2. The summed E-state index contributed by atoms with van der Waals surface area (Å²) in [5.74, 6) is -4.27. The number of benzene rings is 1. The molecule has 1 saturated carbocycles. The van der Waals surface area contributed by atoms with Crippen LogP contribution in [0.4, 0.5) is 27.6 Å². The van der Waals surface area contributed by atoms with Gasteiger partial charge in [0.05, 0.1) is 22.9 Å². The maximum Gasteiger partial charge on any atom is 0.391 e. The van der Waals surface area contributed by atoms with Gasteiger partial charge >= 0.3 is 6.18 Å². The number of aromatic nitrogens is 2. The van der Waals surface area contributed by atoms with Crippen molar-refractivity contribution in [2.45, 2.75) is 43.8 Å². The van der Waals surface area contributed by atoms with E-state index >= 15 is 0 Å². The van der Waals surface area contributed by atoms with Gasteiger partial charge in [-0.15, -0.1) is 0 Å². The van der Waals surface area contributed by atoms with E-state index in [1.807, 2.05) is 0 Å². The van der Waals surface area contributed by atoms with Gasteiger partial charge in [-0.1, -0.05) is 6.07 Å². The number of pyridine rings is 2. The Morgan fingerprint density at radius 1 is 1.03 bits per heavy atom. The van der Waals surface area contributed by atoms with Gasteiger partial charge in [0.15, 0.2) is 5.78 Å². The number of carbonyl (C=O) groups excluding carboxylic acids is 1. The van der Waals surface area contributed by atoms with Crippen molar-refractivity contribution in [3.63, 3.8) is 0 Å². The number of nitrogens with two attached hydrogens (primary N) is 2. The first-order valence-electron chi connectivity index (χ1n) is 11.0. The summed E-state index contributed by atoms with van der Waals surface area (Å²) in [5, 5.41) is 0. The minimum absolute atomic E-state index is 0.0118. The highest BCUT2D eigenvalue weighted by Crippen LogP contribution is 2.44. The third kappa shape index (κ3) is 5.32. The molecule has 1 fully saturated rings. The fraction of sp³-hybridized carbons (Fsp3) is 0.320. The number of nitrogens with zero attached hydrogens (tertiary/aromatic N) is 2. The second-order valence-corrected chi connectivity index (χ2v) is 8.81. The minimum Gasteiger partial charge on any atom is -0.397 e. The van der Waals surface area contributed by atoms with Crippen LogP contribution in [0.1, 0.15) is 46.8 Å². The zero-order valence-corrected chi connectivity index (χ0v) is 18.5. The summed E-state index contributed by atoms with van der Waals surface area (Å²) in [6, 6.07) is 6.97. The highest BCUT2D eigenvalue weighted by Gasteiger charge is 2.44. The van der Waals surface area contributed by atoms with E-state index in [0.29, 0.717) is 17.5 Å². The summed E-state index contributed by atoms with van der Waals surface area (Å²) in [6.45, 7) is 0. The van der Waals surface area contributed by atoms with Gasteiger partial charge in [-0.05, 0) is 66.6 Å². The van der Waals surface area contributed by atoms with Crippen molar-refractivity contribution < 1.29 is 26.7 Å². The molecule has 0 unspecified atom stereocenters. The van der Waals surface area contributed by atoms with E-state index in [1.54, 1.807) is 6.07 Å². The molecule has 184 valence electrons. The second kappa shape index (κ2) is 9.69. The Hall–Kier alpha value is -3.40. The van der Waals surface area contributed by atoms with Crippen LogP contribution >= 0.6 is 0 Å². The van der Waals surface area contributed by atoms with Crippen molar-refractivity contribution in [3.8, 4) is 11.3 Å². The number of alkyl halides is 3. The van der Waals surface area contributed by atoms with E-state index in [0.717, 1.165) is 12.1 Å².